The van der Waals surface area contributed by atoms with Gasteiger partial charge in [0.25, 0.3) is 5.91 Å². The van der Waals surface area contributed by atoms with Crippen LogP contribution in [0.4, 0.5) is 0 Å². The number of para-hydroxylation sites is 2. The number of rotatable bonds is 8. The van der Waals surface area contributed by atoms with Gasteiger partial charge >= 0.3 is 5.97 Å². The molecule has 27 heavy (non-hydrogen) atoms. The maximum Gasteiger partial charge on any atom is 0.306 e. The fourth-order valence-electron chi connectivity index (χ4n) is 2.77. The summed E-state index contributed by atoms with van der Waals surface area (Å²) in [7, 11) is 1.54. The molecule has 1 heterocycles. The second-order valence-corrected chi connectivity index (χ2v) is 6.01. The topological polar surface area (TPSA) is 85.4 Å². The molecule has 0 aromatic heterocycles. The summed E-state index contributed by atoms with van der Waals surface area (Å²) in [6.45, 7) is 3.73. The van der Waals surface area contributed by atoms with Gasteiger partial charge in [0.05, 0.1) is 20.1 Å². The summed E-state index contributed by atoms with van der Waals surface area (Å²) in [6.07, 6.45) is 0.211. The zero-order valence-corrected chi connectivity index (χ0v) is 15.8. The fourth-order valence-corrected chi connectivity index (χ4v) is 2.77. The highest BCUT2D eigenvalue weighted by molar-refractivity contribution is 5.82. The quantitative estimate of drug-likeness (QED) is 0.630. The molecule has 0 radical (unpaired) electrons. The molecular weight excluding hydrogens is 352 g/mol. The van der Waals surface area contributed by atoms with Crippen LogP contribution in [0.5, 0.6) is 11.5 Å². The molecule has 0 bridgehead atoms. The Balaban J connectivity index is 1.73. The van der Waals surface area contributed by atoms with Crippen LogP contribution in [0.2, 0.25) is 0 Å². The molecule has 8 nitrogen and oxygen atoms in total. The first-order valence-corrected chi connectivity index (χ1v) is 9.02. The van der Waals surface area contributed by atoms with Crippen molar-refractivity contribution >= 4 is 17.8 Å². The van der Waals surface area contributed by atoms with Crippen LogP contribution in [0.1, 0.15) is 19.8 Å². The minimum atomic E-state index is -0.367. The van der Waals surface area contributed by atoms with E-state index in [1.54, 1.807) is 36.0 Å². The molecule has 1 aromatic carbocycles. The van der Waals surface area contributed by atoms with Crippen molar-refractivity contribution in [3.05, 3.63) is 24.3 Å². The number of carbonyl (C=O) groups is 3. The van der Waals surface area contributed by atoms with Gasteiger partial charge in [-0.05, 0) is 19.1 Å². The predicted octanol–water partition coefficient (Wildman–Crippen LogP) is 1.09. The van der Waals surface area contributed by atoms with E-state index in [0.29, 0.717) is 44.3 Å². The third-order valence-electron chi connectivity index (χ3n) is 4.25. The molecular formula is C19H26N2O6. The van der Waals surface area contributed by atoms with E-state index in [9.17, 15) is 14.4 Å². The molecule has 0 aliphatic carbocycles. The van der Waals surface area contributed by atoms with Gasteiger partial charge in [-0.3, -0.25) is 14.4 Å². The van der Waals surface area contributed by atoms with Crippen LogP contribution in [-0.4, -0.2) is 74.1 Å². The average Bonchev–Trinajstić information content (AvgIpc) is 2.70. The smallest absolute Gasteiger partial charge is 0.306 e. The van der Waals surface area contributed by atoms with Crippen LogP contribution in [0.25, 0.3) is 0 Å². The average molecular weight is 378 g/mol. The van der Waals surface area contributed by atoms with Crippen LogP contribution < -0.4 is 9.47 Å². The Bertz CT molecular complexity index is 655. The Morgan fingerprint density at radius 1 is 0.926 bits per heavy atom. The van der Waals surface area contributed by atoms with E-state index in [1.165, 1.54) is 0 Å². The van der Waals surface area contributed by atoms with Gasteiger partial charge < -0.3 is 24.0 Å². The van der Waals surface area contributed by atoms with Gasteiger partial charge in [-0.15, -0.1) is 0 Å². The molecule has 0 N–H and O–H groups in total. The first-order chi connectivity index (χ1) is 13.0. The number of ether oxygens (including phenoxy) is 3. The number of hydrogen-bond acceptors (Lipinski definition) is 6. The Morgan fingerprint density at radius 3 is 2.11 bits per heavy atom. The normalized spacial score (nSPS) is 13.9. The Morgan fingerprint density at radius 2 is 1.52 bits per heavy atom. The predicted molar refractivity (Wildman–Crippen MR) is 97.5 cm³/mol. The zero-order valence-electron chi connectivity index (χ0n) is 15.8. The Kier molecular flexibility index (Phi) is 7.91. The summed E-state index contributed by atoms with van der Waals surface area (Å²) < 4.78 is 15.6. The van der Waals surface area contributed by atoms with Crippen molar-refractivity contribution in [3.63, 3.8) is 0 Å². The molecule has 1 aliphatic heterocycles. The van der Waals surface area contributed by atoms with E-state index in [4.69, 9.17) is 14.2 Å². The lowest BCUT2D eigenvalue weighted by atomic mass is 10.2. The van der Waals surface area contributed by atoms with Gasteiger partial charge in [-0.1, -0.05) is 12.1 Å². The van der Waals surface area contributed by atoms with Crippen molar-refractivity contribution in [2.24, 2.45) is 0 Å². The number of amides is 2. The van der Waals surface area contributed by atoms with Crippen molar-refractivity contribution in [1.29, 1.82) is 0 Å². The molecule has 0 unspecified atom stereocenters. The molecule has 2 rings (SSSR count). The van der Waals surface area contributed by atoms with Gasteiger partial charge in [-0.2, -0.15) is 0 Å². The number of piperazine rings is 1. The molecule has 1 aromatic rings. The fraction of sp³-hybridized carbons (Fsp3) is 0.526. The molecule has 0 saturated carbocycles. The lowest BCUT2D eigenvalue weighted by molar-refractivity contribution is -0.146. The third kappa shape index (κ3) is 6.16. The van der Waals surface area contributed by atoms with E-state index in [1.807, 2.05) is 12.1 Å². The van der Waals surface area contributed by atoms with Crippen LogP contribution in [0, 0.1) is 0 Å². The van der Waals surface area contributed by atoms with E-state index >= 15 is 0 Å². The summed E-state index contributed by atoms with van der Waals surface area (Å²) in [4.78, 5) is 39.2. The van der Waals surface area contributed by atoms with Crippen molar-refractivity contribution in [3.8, 4) is 11.5 Å². The highest BCUT2D eigenvalue weighted by Crippen LogP contribution is 2.25. The monoisotopic (exact) mass is 378 g/mol. The van der Waals surface area contributed by atoms with Crippen molar-refractivity contribution in [2.75, 3.05) is 46.5 Å². The largest absolute Gasteiger partial charge is 0.493 e. The second-order valence-electron chi connectivity index (χ2n) is 6.01. The molecule has 148 valence electrons. The number of carbonyl (C=O) groups excluding carboxylic acids is 3. The van der Waals surface area contributed by atoms with Crippen LogP contribution in [0.15, 0.2) is 24.3 Å². The Hall–Kier alpha value is -2.77. The number of nitrogens with zero attached hydrogens (tertiary/aromatic N) is 2. The SMILES string of the molecule is CCOC(=O)CCC(=O)N1CCN(C(=O)COc2ccccc2OC)CC1. The zero-order chi connectivity index (χ0) is 19.6. The van der Waals surface area contributed by atoms with E-state index in [0.717, 1.165) is 0 Å². The van der Waals surface area contributed by atoms with Gasteiger partial charge in [0.2, 0.25) is 5.91 Å². The van der Waals surface area contributed by atoms with Gasteiger partial charge in [0.15, 0.2) is 18.1 Å². The summed E-state index contributed by atoms with van der Waals surface area (Å²) >= 11 is 0. The lowest BCUT2D eigenvalue weighted by Gasteiger charge is -2.34. The maximum absolute atomic E-state index is 12.3. The Labute approximate surface area is 159 Å². The summed E-state index contributed by atoms with van der Waals surface area (Å²) in [5, 5.41) is 0. The molecule has 0 atom stereocenters. The van der Waals surface area contributed by atoms with Crippen molar-refractivity contribution in [2.45, 2.75) is 19.8 Å². The molecule has 1 saturated heterocycles. The van der Waals surface area contributed by atoms with E-state index in [2.05, 4.69) is 0 Å². The highest BCUT2D eigenvalue weighted by atomic mass is 16.5. The summed E-state index contributed by atoms with van der Waals surface area (Å²) in [5.41, 5.74) is 0. The first-order valence-electron chi connectivity index (χ1n) is 9.02. The minimum absolute atomic E-state index is 0.0819. The number of benzene rings is 1. The van der Waals surface area contributed by atoms with Crippen LogP contribution in [0.3, 0.4) is 0 Å². The standard InChI is InChI=1S/C19H26N2O6/c1-3-26-19(24)9-8-17(22)20-10-12-21(13-11-20)18(23)14-27-16-7-5-4-6-15(16)25-2/h4-7H,3,8-14H2,1-2H3. The number of esters is 1. The highest BCUT2D eigenvalue weighted by Gasteiger charge is 2.24. The molecule has 1 aliphatic rings. The second kappa shape index (κ2) is 10.4. The van der Waals surface area contributed by atoms with E-state index < -0.39 is 0 Å². The summed E-state index contributed by atoms with van der Waals surface area (Å²) in [6, 6.07) is 7.14. The lowest BCUT2D eigenvalue weighted by Crippen LogP contribution is -2.51. The van der Waals surface area contributed by atoms with Gasteiger partial charge in [0.1, 0.15) is 0 Å². The first kappa shape index (κ1) is 20.5. The van der Waals surface area contributed by atoms with Crippen molar-refractivity contribution < 1.29 is 28.6 Å². The third-order valence-corrected chi connectivity index (χ3v) is 4.25. The molecule has 8 heteroatoms. The van der Waals surface area contributed by atoms with Gasteiger partial charge in [0, 0.05) is 32.6 Å². The number of methoxy groups -OCH3 is 1. The van der Waals surface area contributed by atoms with Gasteiger partial charge in [-0.25, -0.2) is 0 Å². The van der Waals surface area contributed by atoms with Crippen LogP contribution >= 0.6 is 0 Å². The minimum Gasteiger partial charge on any atom is -0.493 e. The summed E-state index contributed by atoms with van der Waals surface area (Å²) in [5.74, 6) is 0.483. The number of hydrogen-bond donors (Lipinski definition) is 0. The molecule has 0 spiro atoms. The molecule has 2 amide bonds. The van der Waals surface area contributed by atoms with Crippen molar-refractivity contribution in [1.82, 2.24) is 9.80 Å². The van der Waals surface area contributed by atoms with E-state index in [-0.39, 0.29) is 37.2 Å². The van der Waals surface area contributed by atoms with Crippen LogP contribution in [-0.2, 0) is 19.1 Å². The molecule has 1 fully saturated rings. The maximum atomic E-state index is 12.3.